The number of hydrogen-bond donors (Lipinski definition) is 0. The Morgan fingerprint density at radius 2 is 1.59 bits per heavy atom. The number of carbonyl (C=O) groups excluding carboxylic acids is 2. The second kappa shape index (κ2) is 7.63. The maximum Gasteiger partial charge on any atom is 0.379 e. The summed E-state index contributed by atoms with van der Waals surface area (Å²) in [5.41, 5.74) is 2.58. The van der Waals surface area contributed by atoms with Crippen molar-refractivity contribution in [3.05, 3.63) is 95.1 Å². The van der Waals surface area contributed by atoms with Crippen LogP contribution in [0.2, 0.25) is 0 Å². The van der Waals surface area contributed by atoms with Crippen LogP contribution in [0.1, 0.15) is 44.0 Å². The van der Waals surface area contributed by atoms with E-state index in [9.17, 15) is 9.59 Å². The molecule has 0 aliphatic heterocycles. The van der Waals surface area contributed by atoms with Crippen LogP contribution in [0.4, 0.5) is 0 Å². The van der Waals surface area contributed by atoms with E-state index in [1.54, 1.807) is 48.5 Å². The Balaban J connectivity index is 1.68. The van der Waals surface area contributed by atoms with Gasteiger partial charge in [-0.1, -0.05) is 60.7 Å². The molecule has 4 rings (SSSR count). The number of carbonyl (C=O) groups is 2. The lowest BCUT2D eigenvalue weighted by Crippen LogP contribution is -2.21. The Kier molecular flexibility index (Phi) is 4.87. The van der Waals surface area contributed by atoms with Gasteiger partial charge in [-0.3, -0.25) is 4.79 Å². The van der Waals surface area contributed by atoms with Gasteiger partial charge in [-0.2, -0.15) is 4.98 Å². The molecule has 0 aliphatic carbocycles. The van der Waals surface area contributed by atoms with E-state index in [4.69, 9.17) is 4.74 Å². The van der Waals surface area contributed by atoms with E-state index in [2.05, 4.69) is 15.1 Å². The number of ether oxygens (including phenoxy) is 1. The number of rotatable bonds is 5. The first-order chi connectivity index (χ1) is 14.0. The van der Waals surface area contributed by atoms with E-state index in [0.717, 1.165) is 11.4 Å². The molecule has 0 spiro atoms. The molecule has 1 atom stereocenters. The van der Waals surface area contributed by atoms with Crippen LogP contribution in [0.25, 0.3) is 5.78 Å². The van der Waals surface area contributed by atoms with Crippen molar-refractivity contribution in [2.24, 2.45) is 0 Å². The van der Waals surface area contributed by atoms with Gasteiger partial charge in [-0.25, -0.2) is 14.3 Å². The van der Waals surface area contributed by atoms with Crippen molar-refractivity contribution >= 4 is 17.5 Å². The summed E-state index contributed by atoms with van der Waals surface area (Å²) in [5.74, 6) is -0.946. The first kappa shape index (κ1) is 18.5. The van der Waals surface area contributed by atoms with E-state index in [1.807, 2.05) is 32.0 Å². The summed E-state index contributed by atoms with van der Waals surface area (Å²) in [4.78, 5) is 34.3. The molecule has 0 unspecified atom stereocenters. The number of nitrogens with zero attached hydrogens (tertiary/aromatic N) is 4. The average Bonchev–Trinajstić information content (AvgIpc) is 3.17. The highest BCUT2D eigenvalue weighted by Crippen LogP contribution is 2.23. The molecule has 0 fully saturated rings. The highest BCUT2D eigenvalue weighted by molar-refractivity contribution is 6.01. The predicted molar refractivity (Wildman–Crippen MR) is 106 cm³/mol. The summed E-state index contributed by atoms with van der Waals surface area (Å²) in [6.45, 7) is 3.68. The van der Waals surface area contributed by atoms with Crippen molar-refractivity contribution in [2.45, 2.75) is 20.0 Å². The van der Waals surface area contributed by atoms with Crippen LogP contribution in [0.5, 0.6) is 0 Å². The SMILES string of the molecule is Cc1cc(C)n2nc(C(=O)O[C@H](C(=O)c3ccccc3)c3ccccc3)nc2n1. The molecule has 7 heteroatoms. The summed E-state index contributed by atoms with van der Waals surface area (Å²) in [5, 5.41) is 4.19. The highest BCUT2D eigenvalue weighted by atomic mass is 16.5. The Morgan fingerprint density at radius 3 is 2.28 bits per heavy atom. The lowest BCUT2D eigenvalue weighted by Gasteiger charge is -2.16. The molecule has 2 heterocycles. The minimum Gasteiger partial charge on any atom is -0.443 e. The second-order valence-electron chi connectivity index (χ2n) is 6.61. The zero-order chi connectivity index (χ0) is 20.4. The fourth-order valence-corrected chi connectivity index (χ4v) is 3.07. The fraction of sp³-hybridized carbons (Fsp3) is 0.136. The fourth-order valence-electron chi connectivity index (χ4n) is 3.07. The van der Waals surface area contributed by atoms with E-state index in [0.29, 0.717) is 16.9 Å². The van der Waals surface area contributed by atoms with Crippen molar-refractivity contribution in [3.8, 4) is 0 Å². The van der Waals surface area contributed by atoms with Crippen LogP contribution in [0.3, 0.4) is 0 Å². The van der Waals surface area contributed by atoms with Crippen LogP contribution < -0.4 is 0 Å². The van der Waals surface area contributed by atoms with Gasteiger partial charge in [0, 0.05) is 22.5 Å². The summed E-state index contributed by atoms with van der Waals surface area (Å²) in [7, 11) is 0. The Bertz CT molecular complexity index is 1190. The molecule has 7 nitrogen and oxygen atoms in total. The van der Waals surface area contributed by atoms with Gasteiger partial charge in [0.1, 0.15) is 0 Å². The maximum atomic E-state index is 13.0. The zero-order valence-electron chi connectivity index (χ0n) is 15.9. The Labute approximate surface area is 167 Å². The van der Waals surface area contributed by atoms with Gasteiger partial charge in [0.15, 0.2) is 6.10 Å². The first-order valence-electron chi connectivity index (χ1n) is 9.09. The number of fused-ring (bicyclic) bond motifs is 1. The molecule has 2 aromatic heterocycles. The van der Waals surface area contributed by atoms with E-state index >= 15 is 0 Å². The molecule has 0 saturated carbocycles. The van der Waals surface area contributed by atoms with Crippen LogP contribution in [0.15, 0.2) is 66.7 Å². The second-order valence-corrected chi connectivity index (χ2v) is 6.61. The minimum absolute atomic E-state index is 0.145. The van der Waals surface area contributed by atoms with E-state index in [1.165, 1.54) is 4.52 Å². The van der Waals surface area contributed by atoms with Gasteiger partial charge in [0.2, 0.25) is 5.78 Å². The molecule has 0 radical (unpaired) electrons. The van der Waals surface area contributed by atoms with Crippen molar-refractivity contribution in [2.75, 3.05) is 0 Å². The number of Topliss-reactive ketones (excluding diaryl/α,β-unsaturated/α-hetero) is 1. The molecule has 29 heavy (non-hydrogen) atoms. The third-order valence-corrected chi connectivity index (χ3v) is 4.42. The molecule has 0 saturated heterocycles. The molecule has 0 N–H and O–H groups in total. The molecule has 4 aromatic rings. The van der Waals surface area contributed by atoms with Crippen molar-refractivity contribution in [1.29, 1.82) is 0 Å². The summed E-state index contributed by atoms with van der Waals surface area (Å²) in [6.07, 6.45) is -1.10. The molecular weight excluding hydrogens is 368 g/mol. The molecule has 0 bridgehead atoms. The smallest absolute Gasteiger partial charge is 0.379 e. The summed E-state index contributed by atoms with van der Waals surface area (Å²) < 4.78 is 7.06. The predicted octanol–water partition coefficient (Wildman–Crippen LogP) is 3.52. The number of aromatic nitrogens is 4. The van der Waals surface area contributed by atoms with Gasteiger partial charge in [0.05, 0.1) is 0 Å². The van der Waals surface area contributed by atoms with Crippen LogP contribution in [0, 0.1) is 13.8 Å². The summed E-state index contributed by atoms with van der Waals surface area (Å²) >= 11 is 0. The van der Waals surface area contributed by atoms with E-state index < -0.39 is 12.1 Å². The normalized spacial score (nSPS) is 11.9. The maximum absolute atomic E-state index is 13.0. The van der Waals surface area contributed by atoms with Crippen molar-refractivity contribution in [3.63, 3.8) is 0 Å². The zero-order valence-corrected chi connectivity index (χ0v) is 15.9. The van der Waals surface area contributed by atoms with Gasteiger partial charge in [0.25, 0.3) is 11.6 Å². The minimum atomic E-state index is -1.10. The van der Waals surface area contributed by atoms with Crippen LogP contribution in [-0.4, -0.2) is 31.3 Å². The van der Waals surface area contributed by atoms with E-state index in [-0.39, 0.29) is 11.6 Å². The standard InChI is InChI=1S/C22H18N4O3/c1-14-13-15(2)26-22(23-14)24-20(25-26)21(28)29-19(17-11-7-4-8-12-17)18(27)16-9-5-3-6-10-16/h3-13,19H,1-2H3/t19-/m0/s1. The molecule has 0 aliphatic rings. The number of hydrogen-bond acceptors (Lipinski definition) is 6. The highest BCUT2D eigenvalue weighted by Gasteiger charge is 2.28. The molecule has 144 valence electrons. The quantitative estimate of drug-likeness (QED) is 0.385. The lowest BCUT2D eigenvalue weighted by atomic mass is 10.00. The van der Waals surface area contributed by atoms with Gasteiger partial charge >= 0.3 is 5.97 Å². The van der Waals surface area contributed by atoms with Crippen molar-refractivity contribution in [1.82, 2.24) is 19.6 Å². The third-order valence-electron chi connectivity index (χ3n) is 4.42. The number of aryl methyl sites for hydroxylation is 2. The Morgan fingerprint density at radius 1 is 0.931 bits per heavy atom. The number of ketones is 1. The largest absolute Gasteiger partial charge is 0.443 e. The molecule has 2 aromatic carbocycles. The summed E-state index contributed by atoms with van der Waals surface area (Å²) in [6, 6.07) is 19.4. The molecular formula is C22H18N4O3. The molecule has 0 amide bonds. The Hall–Kier alpha value is -3.87. The third kappa shape index (κ3) is 3.75. The lowest BCUT2D eigenvalue weighted by molar-refractivity contribution is 0.0268. The van der Waals surface area contributed by atoms with Crippen molar-refractivity contribution < 1.29 is 14.3 Å². The number of esters is 1. The average molecular weight is 386 g/mol. The van der Waals surface area contributed by atoms with Gasteiger partial charge in [-0.15, -0.1) is 5.10 Å². The number of benzene rings is 2. The monoisotopic (exact) mass is 386 g/mol. The van der Waals surface area contributed by atoms with Crippen LogP contribution in [-0.2, 0) is 4.74 Å². The first-order valence-corrected chi connectivity index (χ1v) is 9.09. The van der Waals surface area contributed by atoms with Gasteiger partial charge < -0.3 is 4.74 Å². The van der Waals surface area contributed by atoms with Crippen LogP contribution >= 0.6 is 0 Å². The van der Waals surface area contributed by atoms with Gasteiger partial charge in [-0.05, 0) is 19.9 Å². The topological polar surface area (TPSA) is 86.5 Å².